The van der Waals surface area contributed by atoms with Crippen LogP contribution in [0.25, 0.3) is 11.3 Å². The van der Waals surface area contributed by atoms with E-state index in [0.717, 1.165) is 18.4 Å². The molecule has 10 heteroatoms. The van der Waals surface area contributed by atoms with Gasteiger partial charge >= 0.3 is 0 Å². The Morgan fingerprint density at radius 2 is 1.77 bits per heavy atom. The van der Waals surface area contributed by atoms with Gasteiger partial charge in [0.2, 0.25) is 16.8 Å². The maximum Gasteiger partial charge on any atom is 0.257 e. The molecule has 3 heterocycles. The number of sulfonamides is 1. The molecular weight excluding hydrogens is 438 g/mol. The topological polar surface area (TPSA) is 97.8 Å². The van der Waals surface area contributed by atoms with E-state index >= 15 is 0 Å². The smallest absolute Gasteiger partial charge is 0.257 e. The molecule has 1 saturated heterocycles. The van der Waals surface area contributed by atoms with Crippen molar-refractivity contribution in [3.05, 3.63) is 53.4 Å². The van der Waals surface area contributed by atoms with Crippen molar-refractivity contribution in [3.63, 3.8) is 0 Å². The first-order valence-electron chi connectivity index (χ1n) is 9.78. The fraction of sp³-hybridized carbons (Fsp3) is 0.238. The van der Waals surface area contributed by atoms with Crippen LogP contribution in [0.4, 0.5) is 5.13 Å². The molecule has 5 rings (SSSR count). The van der Waals surface area contributed by atoms with E-state index in [-0.39, 0.29) is 17.6 Å². The summed E-state index contributed by atoms with van der Waals surface area (Å²) in [5, 5.41) is 5.06. The maximum atomic E-state index is 12.6. The lowest BCUT2D eigenvalue weighted by Gasteiger charge is -2.15. The van der Waals surface area contributed by atoms with E-state index in [1.165, 1.54) is 39.9 Å². The molecule has 31 heavy (non-hydrogen) atoms. The van der Waals surface area contributed by atoms with Gasteiger partial charge in [0, 0.05) is 29.6 Å². The summed E-state index contributed by atoms with van der Waals surface area (Å²) in [6.45, 7) is 1.29. The Balaban J connectivity index is 1.28. The molecule has 1 aromatic heterocycles. The zero-order valence-corrected chi connectivity index (χ0v) is 18.0. The van der Waals surface area contributed by atoms with Gasteiger partial charge in [0.25, 0.3) is 5.91 Å². The molecule has 2 aromatic carbocycles. The Morgan fingerprint density at radius 1 is 1.03 bits per heavy atom. The van der Waals surface area contributed by atoms with Crippen LogP contribution in [0.2, 0.25) is 0 Å². The number of carbonyl (C=O) groups excluding carboxylic acids is 1. The van der Waals surface area contributed by atoms with Gasteiger partial charge in [-0.3, -0.25) is 10.1 Å². The van der Waals surface area contributed by atoms with Crippen LogP contribution < -0.4 is 14.8 Å². The quantitative estimate of drug-likeness (QED) is 0.629. The number of thiazole rings is 1. The van der Waals surface area contributed by atoms with Crippen molar-refractivity contribution < 1.29 is 22.7 Å². The van der Waals surface area contributed by atoms with Crippen LogP contribution in [0.3, 0.4) is 0 Å². The number of carbonyl (C=O) groups is 1. The van der Waals surface area contributed by atoms with Gasteiger partial charge < -0.3 is 9.47 Å². The van der Waals surface area contributed by atoms with E-state index in [1.54, 1.807) is 0 Å². The molecule has 160 valence electrons. The van der Waals surface area contributed by atoms with Crippen LogP contribution in [-0.4, -0.2) is 43.5 Å². The summed E-state index contributed by atoms with van der Waals surface area (Å²) < 4.78 is 37.4. The summed E-state index contributed by atoms with van der Waals surface area (Å²) in [7, 11) is -3.50. The Labute approximate surface area is 183 Å². The summed E-state index contributed by atoms with van der Waals surface area (Å²) in [6.07, 6.45) is 1.75. The third-order valence-corrected chi connectivity index (χ3v) is 7.88. The maximum absolute atomic E-state index is 12.6. The van der Waals surface area contributed by atoms with E-state index in [9.17, 15) is 13.2 Å². The Hall–Kier alpha value is -2.95. The normalized spacial score (nSPS) is 15.9. The molecule has 3 aromatic rings. The molecule has 0 spiro atoms. The minimum absolute atomic E-state index is 0.199. The average molecular weight is 458 g/mol. The minimum Gasteiger partial charge on any atom is -0.454 e. The number of amides is 1. The number of benzene rings is 2. The summed E-state index contributed by atoms with van der Waals surface area (Å²) in [6, 6.07) is 11.5. The van der Waals surface area contributed by atoms with E-state index in [1.807, 2.05) is 23.6 Å². The number of aromatic nitrogens is 1. The third-order valence-electron chi connectivity index (χ3n) is 5.21. The predicted molar refractivity (Wildman–Crippen MR) is 116 cm³/mol. The molecule has 0 unspecified atom stereocenters. The second kappa shape index (κ2) is 7.95. The molecule has 0 aliphatic carbocycles. The summed E-state index contributed by atoms with van der Waals surface area (Å²) >= 11 is 1.31. The monoisotopic (exact) mass is 457 g/mol. The number of anilines is 1. The molecule has 0 atom stereocenters. The van der Waals surface area contributed by atoms with Crippen LogP contribution >= 0.6 is 11.3 Å². The summed E-state index contributed by atoms with van der Waals surface area (Å²) in [4.78, 5) is 17.3. The van der Waals surface area contributed by atoms with Crippen molar-refractivity contribution in [2.75, 3.05) is 25.2 Å². The highest BCUT2D eigenvalue weighted by atomic mass is 32.2. The Morgan fingerprint density at radius 3 is 2.55 bits per heavy atom. The van der Waals surface area contributed by atoms with Crippen LogP contribution in [0.1, 0.15) is 23.2 Å². The molecule has 0 bridgehead atoms. The third kappa shape index (κ3) is 3.89. The molecule has 2 aliphatic heterocycles. The number of hydrogen-bond donors (Lipinski definition) is 1. The van der Waals surface area contributed by atoms with Gasteiger partial charge in [0.15, 0.2) is 16.6 Å². The molecular formula is C21H19N3O5S2. The van der Waals surface area contributed by atoms with Crippen molar-refractivity contribution in [3.8, 4) is 22.8 Å². The zero-order valence-electron chi connectivity index (χ0n) is 16.4. The molecule has 1 amide bonds. The largest absolute Gasteiger partial charge is 0.454 e. The van der Waals surface area contributed by atoms with Crippen LogP contribution in [-0.2, 0) is 10.0 Å². The van der Waals surface area contributed by atoms with Crippen LogP contribution in [0, 0.1) is 0 Å². The number of nitrogens with zero attached hydrogens (tertiary/aromatic N) is 2. The highest BCUT2D eigenvalue weighted by Gasteiger charge is 2.27. The van der Waals surface area contributed by atoms with Gasteiger partial charge in [0.1, 0.15) is 0 Å². The van der Waals surface area contributed by atoms with E-state index < -0.39 is 10.0 Å². The highest BCUT2D eigenvalue weighted by molar-refractivity contribution is 7.89. The summed E-state index contributed by atoms with van der Waals surface area (Å²) in [5.41, 5.74) is 1.93. The minimum atomic E-state index is -3.50. The standard InChI is InChI=1S/C21H19N3O5S2/c25-20(14-3-6-16(7-4-14)31(26,27)24-9-1-2-10-24)23-21-22-17(12-30-21)15-5-8-18-19(11-15)29-13-28-18/h3-8,11-12H,1-2,9-10,13H2,(H,22,23,25). The number of rotatable bonds is 5. The summed E-state index contributed by atoms with van der Waals surface area (Å²) in [5.74, 6) is 1.01. The van der Waals surface area contributed by atoms with Gasteiger partial charge in [-0.15, -0.1) is 11.3 Å². The number of fused-ring (bicyclic) bond motifs is 1. The number of ether oxygens (including phenoxy) is 2. The van der Waals surface area contributed by atoms with Crippen LogP contribution in [0.5, 0.6) is 11.5 Å². The van der Waals surface area contributed by atoms with E-state index in [4.69, 9.17) is 9.47 Å². The fourth-order valence-electron chi connectivity index (χ4n) is 3.54. The first-order chi connectivity index (χ1) is 15.0. The van der Waals surface area contributed by atoms with Gasteiger partial charge in [-0.1, -0.05) is 0 Å². The van der Waals surface area contributed by atoms with Gasteiger partial charge in [-0.25, -0.2) is 13.4 Å². The Kier molecular flexibility index (Phi) is 5.12. The second-order valence-corrected chi connectivity index (χ2v) is 9.99. The van der Waals surface area contributed by atoms with E-state index in [0.29, 0.717) is 41.0 Å². The fourth-order valence-corrected chi connectivity index (χ4v) is 5.78. The van der Waals surface area contributed by atoms with E-state index in [2.05, 4.69) is 10.3 Å². The lowest BCUT2D eigenvalue weighted by atomic mass is 10.1. The van der Waals surface area contributed by atoms with Crippen molar-refractivity contribution in [2.45, 2.75) is 17.7 Å². The first-order valence-corrected chi connectivity index (χ1v) is 12.1. The van der Waals surface area contributed by atoms with Crippen LogP contribution in [0.15, 0.2) is 52.7 Å². The highest BCUT2D eigenvalue weighted by Crippen LogP contribution is 2.36. The molecule has 0 saturated carbocycles. The molecule has 0 radical (unpaired) electrons. The number of hydrogen-bond acceptors (Lipinski definition) is 7. The van der Waals surface area contributed by atoms with Crippen molar-refractivity contribution >= 4 is 32.4 Å². The first kappa shape index (κ1) is 20.0. The lowest BCUT2D eigenvalue weighted by molar-refractivity contribution is 0.102. The Bertz CT molecular complexity index is 1230. The van der Waals surface area contributed by atoms with Gasteiger partial charge in [0.05, 0.1) is 10.6 Å². The average Bonchev–Trinajstić information content (AvgIpc) is 3.54. The van der Waals surface area contributed by atoms with Gasteiger partial charge in [-0.2, -0.15) is 4.31 Å². The lowest BCUT2D eigenvalue weighted by Crippen LogP contribution is -2.27. The SMILES string of the molecule is O=C(Nc1nc(-c2ccc3c(c2)OCO3)cs1)c1ccc(S(=O)(=O)N2CCCC2)cc1. The molecule has 8 nitrogen and oxygen atoms in total. The molecule has 2 aliphatic rings. The number of nitrogens with one attached hydrogen (secondary N) is 1. The molecule has 1 fully saturated rings. The molecule has 1 N–H and O–H groups in total. The zero-order chi connectivity index (χ0) is 21.4. The van der Waals surface area contributed by atoms with Crippen molar-refractivity contribution in [1.82, 2.24) is 9.29 Å². The second-order valence-electron chi connectivity index (χ2n) is 7.20. The van der Waals surface area contributed by atoms with Crippen molar-refractivity contribution in [2.24, 2.45) is 0 Å². The predicted octanol–water partition coefficient (Wildman–Crippen LogP) is 3.58. The van der Waals surface area contributed by atoms with Crippen molar-refractivity contribution in [1.29, 1.82) is 0 Å². The van der Waals surface area contributed by atoms with Gasteiger partial charge in [-0.05, 0) is 55.3 Å².